The second-order valence-corrected chi connectivity index (χ2v) is 6.64. The molecule has 0 saturated heterocycles. The average molecular weight is 339 g/mol. The monoisotopic (exact) mass is 339 g/mol. The van der Waals surface area contributed by atoms with Gasteiger partial charge in [0.05, 0.1) is 6.54 Å². The van der Waals surface area contributed by atoms with Crippen molar-refractivity contribution in [2.24, 2.45) is 5.92 Å². The molecular weight excluding hydrogens is 318 g/mol. The molecule has 1 aliphatic rings. The molecule has 2 aromatic rings. The van der Waals surface area contributed by atoms with E-state index in [0.717, 1.165) is 10.8 Å². The number of nitrogens with zero attached hydrogens (tertiary/aromatic N) is 1. The van der Waals surface area contributed by atoms with Gasteiger partial charge in [0.25, 0.3) is 5.91 Å². The zero-order valence-electron chi connectivity index (χ0n) is 14.3. The third-order valence-corrected chi connectivity index (χ3v) is 4.24. The van der Waals surface area contributed by atoms with E-state index in [1.54, 1.807) is 0 Å². The minimum absolute atomic E-state index is 0.172. The third kappa shape index (κ3) is 3.65. The number of amides is 1. The fraction of sp³-hybridized carbons (Fsp3) is 0.300. The summed E-state index contributed by atoms with van der Waals surface area (Å²) in [4.78, 5) is 25.2. The predicted octanol–water partition coefficient (Wildman–Crippen LogP) is 3.44. The lowest BCUT2D eigenvalue weighted by molar-refractivity contribution is -0.148. The van der Waals surface area contributed by atoms with Crippen LogP contribution in [0, 0.1) is 5.92 Å². The molecule has 5 nitrogen and oxygen atoms in total. The summed E-state index contributed by atoms with van der Waals surface area (Å²) >= 11 is 0. The topological polar surface area (TPSA) is 66.8 Å². The maximum absolute atomic E-state index is 12.3. The number of rotatable bonds is 6. The second kappa shape index (κ2) is 6.97. The van der Waals surface area contributed by atoms with E-state index in [-0.39, 0.29) is 18.4 Å². The number of aliphatic carboxylic acids is 1. The number of carboxylic acids is 1. The standard InChI is InChI=1S/C20H21NO4/c1-13(2)10-17(20(23)24)21-12-15(11-19(21)22)25-18-9-5-7-14-6-3-4-8-16(14)18/h3-9,11,13,17H,10,12H2,1-2H3,(H,23,24). The molecule has 0 aromatic heterocycles. The fourth-order valence-corrected chi connectivity index (χ4v) is 3.07. The van der Waals surface area contributed by atoms with E-state index in [0.29, 0.717) is 17.9 Å². The lowest BCUT2D eigenvalue weighted by atomic mass is 10.0. The summed E-state index contributed by atoms with van der Waals surface area (Å²) in [6.45, 7) is 4.06. The molecule has 5 heteroatoms. The Kier molecular flexibility index (Phi) is 4.74. The summed E-state index contributed by atoms with van der Waals surface area (Å²) in [6.07, 6.45) is 1.80. The number of hydrogen-bond acceptors (Lipinski definition) is 3. The summed E-state index contributed by atoms with van der Waals surface area (Å²) < 4.78 is 5.93. The minimum Gasteiger partial charge on any atom is -0.480 e. The van der Waals surface area contributed by atoms with E-state index in [1.165, 1.54) is 11.0 Å². The molecule has 0 radical (unpaired) electrons. The second-order valence-electron chi connectivity index (χ2n) is 6.64. The first-order valence-corrected chi connectivity index (χ1v) is 8.35. The van der Waals surface area contributed by atoms with Gasteiger partial charge in [-0.3, -0.25) is 4.79 Å². The van der Waals surface area contributed by atoms with Gasteiger partial charge in [-0.2, -0.15) is 0 Å². The molecule has 1 N–H and O–H groups in total. The largest absolute Gasteiger partial charge is 0.480 e. The molecular formula is C20H21NO4. The van der Waals surface area contributed by atoms with Crippen molar-refractivity contribution in [1.82, 2.24) is 4.90 Å². The predicted molar refractivity (Wildman–Crippen MR) is 95.3 cm³/mol. The van der Waals surface area contributed by atoms with Gasteiger partial charge in [-0.25, -0.2) is 4.79 Å². The molecule has 1 unspecified atom stereocenters. The van der Waals surface area contributed by atoms with Crippen LogP contribution in [0.4, 0.5) is 0 Å². The van der Waals surface area contributed by atoms with E-state index < -0.39 is 12.0 Å². The Morgan fingerprint density at radius 3 is 2.64 bits per heavy atom. The number of benzene rings is 2. The van der Waals surface area contributed by atoms with Gasteiger partial charge in [-0.1, -0.05) is 50.2 Å². The molecule has 0 saturated carbocycles. The lowest BCUT2D eigenvalue weighted by Crippen LogP contribution is -2.43. The SMILES string of the molecule is CC(C)CC(C(=O)O)N1CC(Oc2cccc3ccccc23)=CC1=O. The molecule has 25 heavy (non-hydrogen) atoms. The maximum atomic E-state index is 12.3. The summed E-state index contributed by atoms with van der Waals surface area (Å²) in [6, 6.07) is 12.7. The Morgan fingerprint density at radius 2 is 1.92 bits per heavy atom. The van der Waals surface area contributed by atoms with Crippen LogP contribution in [0.2, 0.25) is 0 Å². The van der Waals surface area contributed by atoms with Gasteiger partial charge in [0.1, 0.15) is 17.6 Å². The van der Waals surface area contributed by atoms with Gasteiger partial charge in [0.15, 0.2) is 0 Å². The molecule has 0 bridgehead atoms. The molecule has 3 rings (SSSR count). The van der Waals surface area contributed by atoms with Crippen LogP contribution >= 0.6 is 0 Å². The van der Waals surface area contributed by atoms with E-state index in [9.17, 15) is 14.7 Å². The van der Waals surface area contributed by atoms with E-state index in [1.807, 2.05) is 56.3 Å². The van der Waals surface area contributed by atoms with Crippen LogP contribution < -0.4 is 4.74 Å². The van der Waals surface area contributed by atoms with Crippen molar-refractivity contribution in [3.8, 4) is 5.75 Å². The van der Waals surface area contributed by atoms with Crippen molar-refractivity contribution in [2.75, 3.05) is 6.54 Å². The van der Waals surface area contributed by atoms with Crippen LogP contribution in [0.1, 0.15) is 20.3 Å². The molecule has 0 aliphatic carbocycles. The van der Waals surface area contributed by atoms with Crippen LogP contribution in [-0.4, -0.2) is 34.5 Å². The first kappa shape index (κ1) is 17.0. The van der Waals surface area contributed by atoms with Crippen LogP contribution in [0.3, 0.4) is 0 Å². The number of carbonyl (C=O) groups is 2. The van der Waals surface area contributed by atoms with Gasteiger partial charge in [0, 0.05) is 11.5 Å². The Bertz CT molecular complexity index is 835. The first-order chi connectivity index (χ1) is 12.0. The summed E-state index contributed by atoms with van der Waals surface area (Å²) in [7, 11) is 0. The summed E-state index contributed by atoms with van der Waals surface area (Å²) in [5.74, 6) is 0.00757. The Labute approximate surface area is 146 Å². The normalized spacial score (nSPS) is 15.6. The molecule has 1 aliphatic heterocycles. The van der Waals surface area contributed by atoms with E-state index in [4.69, 9.17) is 4.74 Å². The van der Waals surface area contributed by atoms with E-state index >= 15 is 0 Å². The third-order valence-electron chi connectivity index (χ3n) is 4.24. The highest BCUT2D eigenvalue weighted by molar-refractivity contribution is 5.94. The molecule has 2 aromatic carbocycles. The van der Waals surface area contributed by atoms with Crippen molar-refractivity contribution >= 4 is 22.6 Å². The highest BCUT2D eigenvalue weighted by atomic mass is 16.5. The minimum atomic E-state index is -0.984. The number of hydrogen-bond donors (Lipinski definition) is 1. The zero-order chi connectivity index (χ0) is 18.0. The number of ether oxygens (including phenoxy) is 1. The van der Waals surface area contributed by atoms with Gasteiger partial charge in [-0.05, 0) is 23.8 Å². The van der Waals surface area contributed by atoms with E-state index in [2.05, 4.69) is 0 Å². The quantitative estimate of drug-likeness (QED) is 0.875. The van der Waals surface area contributed by atoms with Gasteiger partial charge >= 0.3 is 5.97 Å². The number of carbonyl (C=O) groups excluding carboxylic acids is 1. The Morgan fingerprint density at radius 1 is 1.20 bits per heavy atom. The Hall–Kier alpha value is -2.82. The zero-order valence-corrected chi connectivity index (χ0v) is 14.3. The first-order valence-electron chi connectivity index (χ1n) is 8.35. The van der Waals surface area contributed by atoms with Crippen LogP contribution in [-0.2, 0) is 9.59 Å². The van der Waals surface area contributed by atoms with Gasteiger partial charge in [-0.15, -0.1) is 0 Å². The molecule has 0 fully saturated rings. The number of carboxylic acid groups (broad SMARTS) is 1. The van der Waals surface area contributed by atoms with Crippen molar-refractivity contribution in [2.45, 2.75) is 26.3 Å². The molecule has 130 valence electrons. The van der Waals surface area contributed by atoms with Crippen molar-refractivity contribution in [3.05, 3.63) is 54.3 Å². The number of fused-ring (bicyclic) bond motifs is 1. The Balaban J connectivity index is 1.80. The molecule has 1 atom stereocenters. The van der Waals surface area contributed by atoms with Crippen LogP contribution in [0.5, 0.6) is 5.75 Å². The van der Waals surface area contributed by atoms with Gasteiger partial charge in [0.2, 0.25) is 0 Å². The summed E-state index contributed by atoms with van der Waals surface area (Å²) in [5, 5.41) is 11.5. The smallest absolute Gasteiger partial charge is 0.326 e. The maximum Gasteiger partial charge on any atom is 0.326 e. The van der Waals surface area contributed by atoms with Crippen molar-refractivity contribution in [1.29, 1.82) is 0 Å². The molecule has 0 spiro atoms. The van der Waals surface area contributed by atoms with Crippen LogP contribution in [0.15, 0.2) is 54.3 Å². The lowest BCUT2D eigenvalue weighted by Gasteiger charge is -2.25. The van der Waals surface area contributed by atoms with Crippen molar-refractivity contribution < 1.29 is 19.4 Å². The highest BCUT2D eigenvalue weighted by Gasteiger charge is 2.34. The van der Waals surface area contributed by atoms with Crippen molar-refractivity contribution in [3.63, 3.8) is 0 Å². The molecule has 1 heterocycles. The van der Waals surface area contributed by atoms with Gasteiger partial charge < -0.3 is 14.7 Å². The summed E-state index contributed by atoms with van der Waals surface area (Å²) in [5.41, 5.74) is 0. The fourth-order valence-electron chi connectivity index (χ4n) is 3.07. The van der Waals surface area contributed by atoms with Crippen LogP contribution in [0.25, 0.3) is 10.8 Å². The molecule has 1 amide bonds. The highest BCUT2D eigenvalue weighted by Crippen LogP contribution is 2.28. The average Bonchev–Trinajstić information content (AvgIpc) is 2.92.